The molecule has 0 aliphatic rings. The number of anilines is 2. The molecule has 2 N–H and O–H groups in total. The average molecular weight is 240 g/mol. The van der Waals surface area contributed by atoms with E-state index in [2.05, 4.69) is 48.7 Å². The zero-order valence-electron chi connectivity index (χ0n) is 11.0. The smallest absolute Gasteiger partial charge is 0.104 e. The molecule has 0 fully saturated rings. The van der Waals surface area contributed by atoms with Crippen molar-refractivity contribution in [2.75, 3.05) is 10.6 Å². The van der Waals surface area contributed by atoms with Crippen LogP contribution in [-0.4, -0.2) is 5.66 Å². The molecule has 2 heteroatoms. The van der Waals surface area contributed by atoms with Crippen LogP contribution >= 0.6 is 0 Å². The fourth-order valence-electron chi connectivity index (χ4n) is 1.89. The van der Waals surface area contributed by atoms with E-state index in [0.29, 0.717) is 0 Å². The lowest BCUT2D eigenvalue weighted by Crippen LogP contribution is -2.42. The highest BCUT2D eigenvalue weighted by Crippen LogP contribution is 2.21. The predicted molar refractivity (Wildman–Crippen MR) is 78.8 cm³/mol. The number of benzene rings is 2. The molecule has 2 rings (SSSR count). The molecule has 0 saturated carbocycles. The van der Waals surface area contributed by atoms with E-state index < -0.39 is 0 Å². The highest BCUT2D eigenvalue weighted by molar-refractivity contribution is 5.51. The monoisotopic (exact) mass is 240 g/mol. The van der Waals surface area contributed by atoms with Crippen molar-refractivity contribution in [2.24, 2.45) is 0 Å². The van der Waals surface area contributed by atoms with Gasteiger partial charge in [0.05, 0.1) is 0 Å². The van der Waals surface area contributed by atoms with Crippen LogP contribution in [0.15, 0.2) is 60.7 Å². The minimum Gasteiger partial charge on any atom is -0.363 e. The molecule has 0 saturated heterocycles. The molecule has 18 heavy (non-hydrogen) atoms. The van der Waals surface area contributed by atoms with Gasteiger partial charge < -0.3 is 10.6 Å². The molecule has 2 nitrogen and oxygen atoms in total. The molecular formula is C16H20N2. The Morgan fingerprint density at radius 2 is 1.17 bits per heavy atom. The molecule has 0 aliphatic heterocycles. The Labute approximate surface area is 109 Å². The fourth-order valence-corrected chi connectivity index (χ4v) is 1.89. The summed E-state index contributed by atoms with van der Waals surface area (Å²) in [5.74, 6) is 0. The van der Waals surface area contributed by atoms with E-state index in [1.54, 1.807) is 0 Å². The van der Waals surface area contributed by atoms with Crippen molar-refractivity contribution in [1.29, 1.82) is 0 Å². The highest BCUT2D eigenvalue weighted by atomic mass is 15.2. The summed E-state index contributed by atoms with van der Waals surface area (Å²) < 4.78 is 0. The van der Waals surface area contributed by atoms with Crippen LogP contribution in [0.3, 0.4) is 0 Å². The molecule has 0 amide bonds. The summed E-state index contributed by atoms with van der Waals surface area (Å²) >= 11 is 0. The van der Waals surface area contributed by atoms with Crippen molar-refractivity contribution in [3.05, 3.63) is 60.7 Å². The zero-order chi connectivity index (χ0) is 12.8. The van der Waals surface area contributed by atoms with Crippen LogP contribution in [0.1, 0.15) is 20.3 Å². The van der Waals surface area contributed by atoms with Gasteiger partial charge in [0.1, 0.15) is 5.66 Å². The first-order valence-electron chi connectivity index (χ1n) is 6.38. The molecule has 0 atom stereocenters. The number of hydrogen-bond acceptors (Lipinski definition) is 2. The first kappa shape index (κ1) is 12.5. The van der Waals surface area contributed by atoms with Crippen molar-refractivity contribution < 1.29 is 0 Å². The molecule has 2 aromatic rings. The second-order valence-corrected chi connectivity index (χ2v) is 4.67. The van der Waals surface area contributed by atoms with Crippen molar-refractivity contribution >= 4 is 11.4 Å². The Hall–Kier alpha value is -1.96. The van der Waals surface area contributed by atoms with Crippen LogP contribution in [0.5, 0.6) is 0 Å². The molecule has 0 unspecified atom stereocenters. The van der Waals surface area contributed by atoms with Crippen LogP contribution in [0.25, 0.3) is 0 Å². The van der Waals surface area contributed by atoms with Crippen LogP contribution in [0.2, 0.25) is 0 Å². The summed E-state index contributed by atoms with van der Waals surface area (Å²) in [6, 6.07) is 20.6. The Bertz CT molecular complexity index is 423. The van der Waals surface area contributed by atoms with E-state index in [-0.39, 0.29) is 5.66 Å². The Kier molecular flexibility index (Phi) is 3.88. The maximum Gasteiger partial charge on any atom is 0.104 e. The molecule has 0 aliphatic carbocycles. The first-order valence-corrected chi connectivity index (χ1v) is 6.38. The number of para-hydroxylation sites is 2. The molecule has 94 valence electrons. The van der Waals surface area contributed by atoms with E-state index >= 15 is 0 Å². The lowest BCUT2D eigenvalue weighted by atomic mass is 10.1. The van der Waals surface area contributed by atoms with Crippen molar-refractivity contribution in [3.63, 3.8) is 0 Å². The first-order chi connectivity index (χ1) is 8.72. The SMILES string of the molecule is CCC(C)(Nc1ccccc1)Nc1ccccc1. The molecule has 0 radical (unpaired) electrons. The summed E-state index contributed by atoms with van der Waals surface area (Å²) in [6.07, 6.45) is 0.983. The van der Waals surface area contributed by atoms with Gasteiger partial charge in [-0.05, 0) is 37.6 Å². The fraction of sp³-hybridized carbons (Fsp3) is 0.250. The predicted octanol–water partition coefficient (Wildman–Crippen LogP) is 4.34. The topological polar surface area (TPSA) is 24.1 Å². The van der Waals surface area contributed by atoms with Crippen LogP contribution in [0, 0.1) is 0 Å². The minimum atomic E-state index is -0.150. The van der Waals surface area contributed by atoms with Gasteiger partial charge in [-0.3, -0.25) is 0 Å². The van der Waals surface area contributed by atoms with E-state index in [4.69, 9.17) is 0 Å². The minimum absolute atomic E-state index is 0.150. The standard InChI is InChI=1S/C16H20N2/c1-3-16(2,17-14-10-6-4-7-11-14)18-15-12-8-5-9-13-15/h4-13,17-18H,3H2,1-2H3. The second kappa shape index (κ2) is 5.58. The quantitative estimate of drug-likeness (QED) is 0.760. The van der Waals surface area contributed by atoms with Gasteiger partial charge in [0, 0.05) is 11.4 Å². The maximum atomic E-state index is 3.54. The summed E-state index contributed by atoms with van der Waals surface area (Å²) in [5.41, 5.74) is 2.11. The number of hydrogen-bond donors (Lipinski definition) is 2. The Balaban J connectivity index is 2.11. The third kappa shape index (κ3) is 3.27. The van der Waals surface area contributed by atoms with Gasteiger partial charge in [0.25, 0.3) is 0 Å². The molecule has 0 heterocycles. The summed E-state index contributed by atoms with van der Waals surface area (Å²) in [7, 11) is 0. The van der Waals surface area contributed by atoms with E-state index in [1.165, 1.54) is 0 Å². The number of rotatable bonds is 5. The van der Waals surface area contributed by atoms with Gasteiger partial charge in [-0.15, -0.1) is 0 Å². The van der Waals surface area contributed by atoms with Crippen molar-refractivity contribution in [1.82, 2.24) is 0 Å². The van der Waals surface area contributed by atoms with Crippen molar-refractivity contribution in [3.8, 4) is 0 Å². The van der Waals surface area contributed by atoms with Gasteiger partial charge in [-0.25, -0.2) is 0 Å². The molecular weight excluding hydrogens is 220 g/mol. The molecule has 0 bridgehead atoms. The Morgan fingerprint density at radius 1 is 0.778 bits per heavy atom. The summed E-state index contributed by atoms with van der Waals surface area (Å²) in [5, 5.41) is 7.08. The largest absolute Gasteiger partial charge is 0.363 e. The van der Waals surface area contributed by atoms with E-state index in [0.717, 1.165) is 17.8 Å². The summed E-state index contributed by atoms with van der Waals surface area (Å²) in [6.45, 7) is 4.35. The van der Waals surface area contributed by atoms with Crippen LogP contribution in [-0.2, 0) is 0 Å². The van der Waals surface area contributed by atoms with Gasteiger partial charge >= 0.3 is 0 Å². The van der Waals surface area contributed by atoms with Gasteiger partial charge in [0.2, 0.25) is 0 Å². The van der Waals surface area contributed by atoms with E-state index in [9.17, 15) is 0 Å². The second-order valence-electron chi connectivity index (χ2n) is 4.67. The zero-order valence-corrected chi connectivity index (χ0v) is 11.0. The normalized spacial score (nSPS) is 11.0. The molecule has 0 aromatic heterocycles. The van der Waals surface area contributed by atoms with Gasteiger partial charge in [0.15, 0.2) is 0 Å². The summed E-state index contributed by atoms with van der Waals surface area (Å²) in [4.78, 5) is 0. The van der Waals surface area contributed by atoms with Crippen LogP contribution in [0.4, 0.5) is 11.4 Å². The lowest BCUT2D eigenvalue weighted by Gasteiger charge is -2.33. The maximum absolute atomic E-state index is 3.54. The van der Waals surface area contributed by atoms with Crippen LogP contribution < -0.4 is 10.6 Å². The Morgan fingerprint density at radius 3 is 1.50 bits per heavy atom. The van der Waals surface area contributed by atoms with Gasteiger partial charge in [-0.1, -0.05) is 43.3 Å². The third-order valence-corrected chi connectivity index (χ3v) is 3.10. The molecule has 2 aromatic carbocycles. The van der Waals surface area contributed by atoms with Gasteiger partial charge in [-0.2, -0.15) is 0 Å². The third-order valence-electron chi connectivity index (χ3n) is 3.10. The van der Waals surface area contributed by atoms with E-state index in [1.807, 2.05) is 36.4 Å². The van der Waals surface area contributed by atoms with Crippen molar-refractivity contribution in [2.45, 2.75) is 25.9 Å². The lowest BCUT2D eigenvalue weighted by molar-refractivity contribution is 0.564. The highest BCUT2D eigenvalue weighted by Gasteiger charge is 2.20. The average Bonchev–Trinajstić information content (AvgIpc) is 2.41. The molecule has 0 spiro atoms. The number of nitrogens with one attached hydrogen (secondary N) is 2.